The molecule has 9 nitrogen and oxygen atoms in total. The summed E-state index contributed by atoms with van der Waals surface area (Å²) in [5.41, 5.74) is -0.185. The van der Waals surface area contributed by atoms with Gasteiger partial charge >= 0.3 is 0 Å². The summed E-state index contributed by atoms with van der Waals surface area (Å²) >= 11 is 0. The fourth-order valence-electron chi connectivity index (χ4n) is 3.49. The van der Waals surface area contributed by atoms with Crippen molar-refractivity contribution >= 4 is 21.4 Å². The number of aliphatic hydroxyl groups excluding tert-OH is 1. The molecule has 0 spiro atoms. The van der Waals surface area contributed by atoms with Crippen molar-refractivity contribution < 1.29 is 23.2 Å². The molecule has 25 heavy (non-hydrogen) atoms. The molecule has 1 heterocycles. The number of nitrogens with zero attached hydrogens (tertiary/aromatic N) is 1. The van der Waals surface area contributed by atoms with Gasteiger partial charge in [-0.05, 0) is 38.0 Å². The Hall–Kier alpha value is -1.91. The normalized spacial score (nSPS) is 26.2. The van der Waals surface area contributed by atoms with E-state index in [1.165, 1.54) is 6.07 Å². The molecule has 0 unspecified atom stereocenters. The van der Waals surface area contributed by atoms with Crippen molar-refractivity contribution in [3.05, 3.63) is 22.2 Å². The van der Waals surface area contributed by atoms with Gasteiger partial charge in [0.1, 0.15) is 6.61 Å². The van der Waals surface area contributed by atoms with Gasteiger partial charge in [0.25, 0.3) is 5.69 Å². The number of benzene rings is 1. The van der Waals surface area contributed by atoms with Crippen molar-refractivity contribution in [1.29, 1.82) is 0 Å². The summed E-state index contributed by atoms with van der Waals surface area (Å²) in [5.74, 6) is 0.544. The summed E-state index contributed by atoms with van der Waals surface area (Å²) in [4.78, 5) is 10.3. The summed E-state index contributed by atoms with van der Waals surface area (Å²) in [6, 6.07) is 2.05. The molecule has 1 aromatic carbocycles. The van der Waals surface area contributed by atoms with E-state index < -0.39 is 14.9 Å². The van der Waals surface area contributed by atoms with Crippen LogP contribution in [-0.2, 0) is 10.0 Å². The van der Waals surface area contributed by atoms with E-state index in [4.69, 9.17) is 9.88 Å². The highest BCUT2D eigenvalue weighted by Crippen LogP contribution is 2.41. The van der Waals surface area contributed by atoms with E-state index in [0.29, 0.717) is 5.92 Å². The van der Waals surface area contributed by atoms with Crippen LogP contribution in [0.15, 0.2) is 17.0 Å². The van der Waals surface area contributed by atoms with Crippen LogP contribution < -0.4 is 15.2 Å². The van der Waals surface area contributed by atoms with E-state index in [1.54, 1.807) is 0 Å². The van der Waals surface area contributed by atoms with Gasteiger partial charge in [0.15, 0.2) is 11.4 Å². The maximum Gasteiger partial charge on any atom is 0.297 e. The van der Waals surface area contributed by atoms with E-state index in [1.807, 2.05) is 0 Å². The van der Waals surface area contributed by atoms with E-state index in [-0.39, 0.29) is 40.8 Å². The van der Waals surface area contributed by atoms with Crippen LogP contribution >= 0.6 is 0 Å². The zero-order valence-corrected chi connectivity index (χ0v) is 14.4. The molecule has 0 radical (unpaired) electrons. The molecule has 4 N–H and O–H groups in total. The first kappa shape index (κ1) is 17.9. The average molecular weight is 371 g/mol. The molecule has 2 aliphatic rings. The minimum absolute atomic E-state index is 0.105. The molecule has 0 aromatic heterocycles. The van der Waals surface area contributed by atoms with Gasteiger partial charge in [-0.15, -0.1) is 0 Å². The predicted octanol–water partition coefficient (Wildman–Crippen LogP) is 1.36. The third kappa shape index (κ3) is 4.02. The lowest BCUT2D eigenvalue weighted by Gasteiger charge is -2.32. The number of fused-ring (bicyclic) bond motifs is 1. The van der Waals surface area contributed by atoms with Crippen LogP contribution in [0.2, 0.25) is 0 Å². The standard InChI is InChI=1S/C15H21N3O6S/c16-25(22,23)12-6-13(18(20)21)15-14(7-12)24-8-10(17-15)5-9-1-3-11(19)4-2-9/h6-7,9-11,17,19H,1-5,8H2,(H2,16,22,23)/t9-,10-,11+/m1/s1. The third-order valence-corrected chi connectivity index (χ3v) is 5.70. The van der Waals surface area contributed by atoms with Gasteiger partial charge < -0.3 is 15.2 Å². The molecule has 1 saturated carbocycles. The number of nitrogens with two attached hydrogens (primary N) is 1. The first-order chi connectivity index (χ1) is 11.7. The number of ether oxygens (including phenoxy) is 1. The monoisotopic (exact) mass is 371 g/mol. The lowest BCUT2D eigenvalue weighted by molar-refractivity contribution is -0.384. The zero-order valence-electron chi connectivity index (χ0n) is 13.6. The van der Waals surface area contributed by atoms with E-state index in [0.717, 1.165) is 38.2 Å². The lowest BCUT2D eigenvalue weighted by Crippen LogP contribution is -2.35. The van der Waals surface area contributed by atoms with E-state index in [2.05, 4.69) is 5.32 Å². The first-order valence-electron chi connectivity index (χ1n) is 8.16. The third-order valence-electron chi connectivity index (χ3n) is 4.80. The highest BCUT2D eigenvalue weighted by molar-refractivity contribution is 7.89. The highest BCUT2D eigenvalue weighted by atomic mass is 32.2. The van der Waals surface area contributed by atoms with Crippen molar-refractivity contribution in [2.75, 3.05) is 11.9 Å². The van der Waals surface area contributed by atoms with E-state index in [9.17, 15) is 23.6 Å². The van der Waals surface area contributed by atoms with Gasteiger partial charge in [-0.25, -0.2) is 13.6 Å². The number of anilines is 1. The predicted molar refractivity (Wildman–Crippen MR) is 90.0 cm³/mol. The number of hydrogen-bond donors (Lipinski definition) is 3. The minimum Gasteiger partial charge on any atom is -0.489 e. The molecule has 138 valence electrons. The highest BCUT2D eigenvalue weighted by Gasteiger charge is 2.31. The maximum atomic E-state index is 11.5. The quantitative estimate of drug-likeness (QED) is 0.535. The molecule has 10 heteroatoms. The number of nitrogens with one attached hydrogen (secondary N) is 1. The number of hydrogen-bond acceptors (Lipinski definition) is 7. The molecule has 1 aliphatic carbocycles. The van der Waals surface area contributed by atoms with Gasteiger partial charge in [0.2, 0.25) is 10.0 Å². The van der Waals surface area contributed by atoms with Crippen LogP contribution in [0, 0.1) is 16.0 Å². The molecular formula is C15H21N3O6S. The largest absolute Gasteiger partial charge is 0.489 e. The molecular weight excluding hydrogens is 350 g/mol. The molecule has 1 fully saturated rings. The molecule has 1 aromatic rings. The molecule has 1 aliphatic heterocycles. The van der Waals surface area contributed by atoms with Gasteiger partial charge in [0, 0.05) is 12.1 Å². The molecule has 3 rings (SSSR count). The van der Waals surface area contributed by atoms with Crippen LogP contribution in [-0.4, -0.2) is 37.2 Å². The Morgan fingerprint density at radius 2 is 2.00 bits per heavy atom. The summed E-state index contributed by atoms with van der Waals surface area (Å²) < 4.78 is 28.6. The average Bonchev–Trinajstić information content (AvgIpc) is 2.55. The maximum absolute atomic E-state index is 11.5. The fraction of sp³-hybridized carbons (Fsp3) is 0.600. The fourth-order valence-corrected chi connectivity index (χ4v) is 4.04. The summed E-state index contributed by atoms with van der Waals surface area (Å²) in [7, 11) is -4.07. The van der Waals surface area contributed by atoms with Crippen LogP contribution in [0.3, 0.4) is 0 Å². The Labute approximate surface area is 145 Å². The first-order valence-corrected chi connectivity index (χ1v) is 9.71. The second-order valence-electron chi connectivity index (χ2n) is 6.68. The molecule has 0 bridgehead atoms. The van der Waals surface area contributed by atoms with Crippen molar-refractivity contribution in [2.45, 2.75) is 49.1 Å². The molecule has 1 atom stereocenters. The van der Waals surface area contributed by atoms with Crippen LogP contribution in [0.1, 0.15) is 32.1 Å². The molecule has 0 saturated heterocycles. The number of nitro groups is 1. The minimum atomic E-state index is -4.07. The number of sulfonamides is 1. The van der Waals surface area contributed by atoms with Gasteiger partial charge in [0.05, 0.1) is 22.0 Å². The summed E-state index contributed by atoms with van der Waals surface area (Å²) in [6.07, 6.45) is 3.92. The van der Waals surface area contributed by atoms with Crippen molar-refractivity contribution in [3.8, 4) is 5.75 Å². The Morgan fingerprint density at radius 3 is 2.60 bits per heavy atom. The Kier molecular flexibility index (Phi) is 4.85. The Morgan fingerprint density at radius 1 is 1.32 bits per heavy atom. The zero-order chi connectivity index (χ0) is 18.2. The van der Waals surface area contributed by atoms with Gasteiger partial charge in [-0.3, -0.25) is 10.1 Å². The van der Waals surface area contributed by atoms with Gasteiger partial charge in [-0.1, -0.05) is 0 Å². The van der Waals surface area contributed by atoms with Crippen LogP contribution in [0.5, 0.6) is 5.75 Å². The Balaban J connectivity index is 1.81. The van der Waals surface area contributed by atoms with Crippen molar-refractivity contribution in [1.82, 2.24) is 0 Å². The van der Waals surface area contributed by atoms with Crippen molar-refractivity contribution in [3.63, 3.8) is 0 Å². The number of rotatable bonds is 4. The molecule has 0 amide bonds. The van der Waals surface area contributed by atoms with Crippen molar-refractivity contribution in [2.24, 2.45) is 11.1 Å². The van der Waals surface area contributed by atoms with Crippen LogP contribution in [0.25, 0.3) is 0 Å². The topological polar surface area (TPSA) is 145 Å². The lowest BCUT2D eigenvalue weighted by atomic mass is 9.83. The smallest absolute Gasteiger partial charge is 0.297 e. The number of nitro benzene ring substituents is 1. The number of aliphatic hydroxyl groups is 1. The Bertz CT molecular complexity index is 774. The summed E-state index contributed by atoms with van der Waals surface area (Å²) in [6.45, 7) is 0.289. The summed E-state index contributed by atoms with van der Waals surface area (Å²) in [5, 5.41) is 29.1. The second kappa shape index (κ2) is 6.77. The van der Waals surface area contributed by atoms with E-state index >= 15 is 0 Å². The SMILES string of the molecule is NS(=O)(=O)c1cc2c(c([N+](=O)[O-])c1)N[C@H](C[C@H]1CC[C@@H](O)CC1)CO2. The van der Waals surface area contributed by atoms with Crippen LogP contribution in [0.4, 0.5) is 11.4 Å². The number of primary sulfonamides is 1. The van der Waals surface area contributed by atoms with Gasteiger partial charge in [-0.2, -0.15) is 0 Å². The second-order valence-corrected chi connectivity index (χ2v) is 8.24.